The van der Waals surface area contributed by atoms with Crippen molar-refractivity contribution < 1.29 is 14.3 Å². The van der Waals surface area contributed by atoms with Gasteiger partial charge in [-0.1, -0.05) is 0 Å². The number of hydrogen-bond acceptors (Lipinski definition) is 6. The zero-order valence-electron chi connectivity index (χ0n) is 10.4. The third-order valence-electron chi connectivity index (χ3n) is 2.82. The molecule has 1 saturated heterocycles. The number of piperazine rings is 1. The van der Waals surface area contributed by atoms with Gasteiger partial charge in [-0.15, -0.1) is 11.3 Å². The molecular weight excluding hydrogens is 254 g/mol. The van der Waals surface area contributed by atoms with Crippen LogP contribution in [0.1, 0.15) is 5.69 Å². The number of anilines is 1. The highest BCUT2D eigenvalue weighted by Gasteiger charge is 2.23. The predicted molar refractivity (Wildman–Crippen MR) is 67.7 cm³/mol. The molecule has 0 atom stereocenters. The van der Waals surface area contributed by atoms with E-state index in [0.29, 0.717) is 18.8 Å². The number of likely N-dealkylation sites (N-methyl/N-ethyl adjacent to an activating group) is 1. The second-order valence-corrected chi connectivity index (χ2v) is 4.95. The van der Waals surface area contributed by atoms with Gasteiger partial charge in [-0.3, -0.25) is 9.59 Å². The number of amides is 1. The van der Waals surface area contributed by atoms with E-state index in [4.69, 9.17) is 0 Å². The van der Waals surface area contributed by atoms with Crippen LogP contribution in [0, 0.1) is 0 Å². The predicted octanol–water partition coefficient (Wildman–Crippen LogP) is 0.137. The Bertz CT molecular complexity index is 460. The first kappa shape index (κ1) is 12.8. The number of aromatic nitrogens is 1. The Morgan fingerprint density at radius 3 is 3.00 bits per heavy atom. The summed E-state index contributed by atoms with van der Waals surface area (Å²) >= 11 is 1.45. The van der Waals surface area contributed by atoms with Crippen LogP contribution in [0.15, 0.2) is 5.38 Å². The van der Waals surface area contributed by atoms with Gasteiger partial charge in [0.15, 0.2) is 5.13 Å². The van der Waals surface area contributed by atoms with Gasteiger partial charge in [0.05, 0.1) is 25.8 Å². The Labute approximate surface area is 109 Å². The zero-order chi connectivity index (χ0) is 13.1. The first-order valence-electron chi connectivity index (χ1n) is 5.60. The molecular formula is C11H15N3O3S. The highest BCUT2D eigenvalue weighted by Crippen LogP contribution is 2.22. The summed E-state index contributed by atoms with van der Waals surface area (Å²) in [5, 5.41) is 2.62. The molecule has 1 aromatic rings. The Balaban J connectivity index is 2.02. The summed E-state index contributed by atoms with van der Waals surface area (Å²) in [6, 6.07) is 0. The topological polar surface area (TPSA) is 62.7 Å². The molecule has 6 nitrogen and oxygen atoms in total. The second kappa shape index (κ2) is 5.34. The zero-order valence-corrected chi connectivity index (χ0v) is 11.2. The van der Waals surface area contributed by atoms with Crippen LogP contribution in [-0.2, 0) is 20.7 Å². The Hall–Kier alpha value is -1.63. The molecule has 0 spiro atoms. The quantitative estimate of drug-likeness (QED) is 0.730. The number of rotatable bonds is 3. The van der Waals surface area contributed by atoms with Crippen LogP contribution >= 0.6 is 11.3 Å². The van der Waals surface area contributed by atoms with Crippen molar-refractivity contribution in [3.8, 4) is 0 Å². The van der Waals surface area contributed by atoms with E-state index in [2.05, 4.69) is 9.72 Å². The maximum absolute atomic E-state index is 11.6. The first-order chi connectivity index (χ1) is 8.60. The van der Waals surface area contributed by atoms with Gasteiger partial charge in [-0.2, -0.15) is 0 Å². The third kappa shape index (κ3) is 2.79. The van der Waals surface area contributed by atoms with Crippen molar-refractivity contribution in [3.05, 3.63) is 11.1 Å². The number of carbonyl (C=O) groups is 2. The molecule has 0 aliphatic carbocycles. The lowest BCUT2D eigenvalue weighted by Gasteiger charge is -2.31. The molecule has 2 heterocycles. The van der Waals surface area contributed by atoms with E-state index in [1.807, 2.05) is 10.3 Å². The minimum Gasteiger partial charge on any atom is -0.469 e. The lowest BCUT2D eigenvalue weighted by Crippen LogP contribution is -2.48. The van der Waals surface area contributed by atoms with E-state index in [1.165, 1.54) is 18.4 Å². The molecule has 0 radical (unpaired) electrons. The van der Waals surface area contributed by atoms with Crippen LogP contribution in [-0.4, -0.2) is 55.6 Å². The van der Waals surface area contributed by atoms with E-state index < -0.39 is 0 Å². The molecule has 7 heteroatoms. The van der Waals surface area contributed by atoms with Crippen molar-refractivity contribution in [2.24, 2.45) is 0 Å². The lowest BCUT2D eigenvalue weighted by atomic mass is 10.3. The highest BCUT2D eigenvalue weighted by atomic mass is 32.1. The van der Waals surface area contributed by atoms with Crippen LogP contribution in [0.5, 0.6) is 0 Å². The molecule has 1 aliphatic heterocycles. The summed E-state index contributed by atoms with van der Waals surface area (Å²) in [5.41, 5.74) is 0.688. The fourth-order valence-electron chi connectivity index (χ4n) is 1.66. The van der Waals surface area contributed by atoms with Gasteiger partial charge in [0.1, 0.15) is 0 Å². The summed E-state index contributed by atoms with van der Waals surface area (Å²) in [5.74, 6) is -0.215. The monoisotopic (exact) mass is 269 g/mol. The molecule has 1 aliphatic rings. The maximum Gasteiger partial charge on any atom is 0.311 e. The molecule has 0 N–H and O–H groups in total. The first-order valence-corrected chi connectivity index (χ1v) is 6.48. The molecule has 1 fully saturated rings. The average Bonchev–Trinajstić information content (AvgIpc) is 2.81. The van der Waals surface area contributed by atoms with E-state index >= 15 is 0 Å². The van der Waals surface area contributed by atoms with Crippen molar-refractivity contribution in [2.75, 3.05) is 38.7 Å². The minimum atomic E-state index is -0.304. The van der Waals surface area contributed by atoms with E-state index in [0.717, 1.165) is 11.7 Å². The number of esters is 1. The van der Waals surface area contributed by atoms with Gasteiger partial charge in [0.2, 0.25) is 5.91 Å². The number of thiazole rings is 1. The second-order valence-electron chi connectivity index (χ2n) is 4.11. The van der Waals surface area contributed by atoms with E-state index in [1.54, 1.807) is 11.9 Å². The highest BCUT2D eigenvalue weighted by molar-refractivity contribution is 7.13. The van der Waals surface area contributed by atoms with Crippen LogP contribution in [0.4, 0.5) is 5.13 Å². The minimum absolute atomic E-state index is 0.0889. The Morgan fingerprint density at radius 1 is 1.56 bits per heavy atom. The molecule has 0 aromatic carbocycles. The van der Waals surface area contributed by atoms with E-state index in [9.17, 15) is 9.59 Å². The smallest absolute Gasteiger partial charge is 0.311 e. The molecule has 0 unspecified atom stereocenters. The standard InChI is InChI=1S/C11H15N3O3S/c1-13-3-4-14(6-9(13)15)11-12-8(7-18-11)5-10(16)17-2/h7H,3-6H2,1-2H3. The number of ether oxygens (including phenoxy) is 1. The summed E-state index contributed by atoms with van der Waals surface area (Å²) in [4.78, 5) is 30.7. The molecule has 0 bridgehead atoms. The molecule has 0 saturated carbocycles. The number of carbonyl (C=O) groups excluding carboxylic acids is 2. The molecule has 2 rings (SSSR count). The van der Waals surface area contributed by atoms with Crippen LogP contribution in [0.25, 0.3) is 0 Å². The summed E-state index contributed by atoms with van der Waals surface area (Å²) in [6.07, 6.45) is 0.175. The molecule has 1 aromatic heterocycles. The van der Waals surface area contributed by atoms with Gasteiger partial charge in [0, 0.05) is 25.5 Å². The Morgan fingerprint density at radius 2 is 2.33 bits per heavy atom. The third-order valence-corrected chi connectivity index (χ3v) is 3.77. The van der Waals surface area contributed by atoms with Crippen molar-refractivity contribution in [1.29, 1.82) is 0 Å². The number of nitrogens with zero attached hydrogens (tertiary/aromatic N) is 3. The van der Waals surface area contributed by atoms with Gasteiger partial charge >= 0.3 is 5.97 Å². The fourth-order valence-corrected chi connectivity index (χ4v) is 2.52. The van der Waals surface area contributed by atoms with Crippen LogP contribution < -0.4 is 4.90 Å². The maximum atomic E-state index is 11.6. The van der Waals surface area contributed by atoms with Crippen LogP contribution in [0.3, 0.4) is 0 Å². The van der Waals surface area contributed by atoms with Crippen molar-refractivity contribution in [2.45, 2.75) is 6.42 Å². The lowest BCUT2D eigenvalue weighted by molar-refractivity contribution is -0.139. The normalized spacial score (nSPS) is 16.0. The van der Waals surface area contributed by atoms with Crippen LogP contribution in [0.2, 0.25) is 0 Å². The van der Waals surface area contributed by atoms with Crippen molar-refractivity contribution in [1.82, 2.24) is 9.88 Å². The van der Waals surface area contributed by atoms with Gasteiger partial charge in [-0.25, -0.2) is 4.98 Å². The van der Waals surface area contributed by atoms with Crippen molar-refractivity contribution in [3.63, 3.8) is 0 Å². The molecule has 1 amide bonds. The van der Waals surface area contributed by atoms with Crippen molar-refractivity contribution >= 4 is 28.3 Å². The largest absolute Gasteiger partial charge is 0.469 e. The van der Waals surface area contributed by atoms with Gasteiger partial charge < -0.3 is 14.5 Å². The fraction of sp³-hybridized carbons (Fsp3) is 0.545. The Kier molecular flexibility index (Phi) is 3.81. The van der Waals surface area contributed by atoms with E-state index in [-0.39, 0.29) is 18.3 Å². The SMILES string of the molecule is COC(=O)Cc1csc(N2CCN(C)C(=O)C2)n1. The number of hydrogen-bond donors (Lipinski definition) is 0. The summed E-state index contributed by atoms with van der Waals surface area (Å²) in [7, 11) is 3.15. The summed E-state index contributed by atoms with van der Waals surface area (Å²) in [6.45, 7) is 1.82. The summed E-state index contributed by atoms with van der Waals surface area (Å²) < 4.78 is 4.59. The number of methoxy groups -OCH3 is 1. The average molecular weight is 269 g/mol. The van der Waals surface area contributed by atoms with Gasteiger partial charge in [0.25, 0.3) is 0 Å². The molecule has 18 heavy (non-hydrogen) atoms. The van der Waals surface area contributed by atoms with Gasteiger partial charge in [-0.05, 0) is 0 Å². The molecule has 98 valence electrons.